The summed E-state index contributed by atoms with van der Waals surface area (Å²) >= 11 is 13.5. The normalized spacial score (nSPS) is 22.5. The van der Waals surface area contributed by atoms with Gasteiger partial charge in [0.05, 0.1) is 18.3 Å². The summed E-state index contributed by atoms with van der Waals surface area (Å²) in [6, 6.07) is 3.83. The second kappa shape index (κ2) is 12.7. The molecule has 2 N–H and O–H groups in total. The Morgan fingerprint density at radius 1 is 1.10 bits per heavy atom. The van der Waals surface area contributed by atoms with Crippen LogP contribution >= 0.6 is 34.9 Å². The highest BCUT2D eigenvalue weighted by atomic mass is 35.5. The van der Waals surface area contributed by atoms with E-state index in [-0.39, 0.29) is 34.0 Å². The predicted octanol–water partition coefficient (Wildman–Crippen LogP) is 6.72. The molecule has 1 aliphatic heterocycles. The quantitative estimate of drug-likeness (QED) is 0.351. The lowest BCUT2D eigenvalue weighted by Crippen LogP contribution is -2.68. The maximum atomic E-state index is 14.5. The summed E-state index contributed by atoms with van der Waals surface area (Å²) in [5.41, 5.74) is 1.23. The van der Waals surface area contributed by atoms with Crippen LogP contribution in [0.15, 0.2) is 18.2 Å². The lowest BCUT2D eigenvalue weighted by atomic mass is 9.83. The molecule has 0 spiro atoms. The van der Waals surface area contributed by atoms with E-state index in [1.165, 1.54) is 0 Å². The molecule has 218 valence electrons. The number of aromatic nitrogens is 2. The van der Waals surface area contributed by atoms with Crippen LogP contribution in [0.1, 0.15) is 78.2 Å². The number of ether oxygens (including phenoxy) is 1. The third kappa shape index (κ3) is 6.78. The number of amides is 4. The first-order valence-corrected chi connectivity index (χ1v) is 15.4. The van der Waals surface area contributed by atoms with Crippen molar-refractivity contribution >= 4 is 53.0 Å². The van der Waals surface area contributed by atoms with E-state index in [0.29, 0.717) is 28.4 Å². The summed E-state index contributed by atoms with van der Waals surface area (Å²) in [5, 5.41) is 6.67. The first kappa shape index (κ1) is 30.7. The fourth-order valence-electron chi connectivity index (χ4n) is 5.93. The molecule has 2 fully saturated rings. The lowest BCUT2D eigenvalue weighted by molar-refractivity contribution is -0.786. The number of benzene rings is 1. The molecular formula is C28H38Cl2N5O4S+. The van der Waals surface area contributed by atoms with Crippen molar-refractivity contribution < 1.29 is 23.6 Å². The van der Waals surface area contributed by atoms with E-state index in [0.717, 1.165) is 56.7 Å². The third-order valence-electron chi connectivity index (χ3n) is 7.90. The van der Waals surface area contributed by atoms with Gasteiger partial charge in [-0.1, -0.05) is 48.5 Å². The van der Waals surface area contributed by atoms with Gasteiger partial charge in [-0.05, 0) is 64.2 Å². The van der Waals surface area contributed by atoms with Gasteiger partial charge in [-0.3, -0.25) is 0 Å². The zero-order chi connectivity index (χ0) is 29.1. The molecule has 2 aliphatic rings. The monoisotopic (exact) mass is 610 g/mol. The fourth-order valence-corrected chi connectivity index (χ4v) is 6.87. The van der Waals surface area contributed by atoms with Crippen LogP contribution in [-0.2, 0) is 16.1 Å². The second-order valence-electron chi connectivity index (χ2n) is 11.8. The molecule has 0 bridgehead atoms. The largest absolute Gasteiger partial charge is 0.444 e. The maximum Gasteiger partial charge on any atom is 0.424 e. The minimum atomic E-state index is -0.817. The smallest absolute Gasteiger partial charge is 0.424 e. The van der Waals surface area contributed by atoms with Crippen molar-refractivity contribution in [3.8, 4) is 11.3 Å². The highest BCUT2D eigenvalue weighted by Crippen LogP contribution is 2.35. The molecule has 4 rings (SSSR count). The molecule has 9 nitrogen and oxygen atoms in total. The molecular weight excluding hydrogens is 573 g/mol. The Morgan fingerprint density at radius 3 is 2.42 bits per heavy atom. The van der Waals surface area contributed by atoms with Gasteiger partial charge in [-0.15, -0.1) is 0 Å². The van der Waals surface area contributed by atoms with Gasteiger partial charge in [0.15, 0.2) is 11.2 Å². The predicted molar refractivity (Wildman–Crippen MR) is 156 cm³/mol. The minimum Gasteiger partial charge on any atom is -0.444 e. The Balaban J connectivity index is 1.61. The number of nitrogens with zero attached hydrogens (tertiary/aromatic N) is 3. The number of hydrogen-bond acceptors (Lipinski definition) is 7. The van der Waals surface area contributed by atoms with E-state index in [2.05, 4.69) is 19.4 Å². The molecule has 40 heavy (non-hydrogen) atoms. The van der Waals surface area contributed by atoms with Crippen LogP contribution in [0.5, 0.6) is 0 Å². The van der Waals surface area contributed by atoms with Gasteiger partial charge in [-0.25, -0.2) is 14.4 Å². The minimum absolute atomic E-state index is 0.0526. The topological polar surface area (TPSA) is 110 Å². The zero-order valence-electron chi connectivity index (χ0n) is 23.5. The van der Waals surface area contributed by atoms with Crippen molar-refractivity contribution in [1.82, 2.24) is 19.4 Å². The summed E-state index contributed by atoms with van der Waals surface area (Å²) in [5.74, 6) is -0.332. The molecule has 2 aromatic rings. The Morgan fingerprint density at radius 2 is 1.82 bits per heavy atom. The van der Waals surface area contributed by atoms with Crippen LogP contribution in [0.2, 0.25) is 10.2 Å². The Hall–Kier alpha value is -2.27. The summed E-state index contributed by atoms with van der Waals surface area (Å²) in [6.45, 7) is 7.78. The van der Waals surface area contributed by atoms with Crippen molar-refractivity contribution in [2.24, 2.45) is 5.92 Å². The van der Waals surface area contributed by atoms with Gasteiger partial charge in [0.25, 0.3) is 0 Å². The van der Waals surface area contributed by atoms with E-state index < -0.39 is 23.8 Å². The number of alkyl carbamates (subject to hydrolysis) is 1. The molecule has 2 heterocycles. The van der Waals surface area contributed by atoms with E-state index in [9.17, 15) is 14.4 Å². The molecule has 1 aromatic carbocycles. The van der Waals surface area contributed by atoms with Gasteiger partial charge in [0, 0.05) is 30.0 Å². The molecule has 1 aromatic heterocycles. The van der Waals surface area contributed by atoms with E-state index >= 15 is 0 Å². The van der Waals surface area contributed by atoms with Gasteiger partial charge in [-0.2, -0.15) is 13.2 Å². The molecule has 4 amide bonds. The van der Waals surface area contributed by atoms with Gasteiger partial charge in [0.2, 0.25) is 0 Å². The number of carbonyl (C=O) groups excluding carboxylic acids is 3. The molecule has 1 saturated carbocycles. The van der Waals surface area contributed by atoms with Crippen LogP contribution in [0, 0.1) is 5.92 Å². The molecule has 3 atom stereocenters. The number of nitrogens with one attached hydrogen (secondary N) is 2. The van der Waals surface area contributed by atoms with Crippen LogP contribution in [-0.4, -0.2) is 55.5 Å². The zero-order valence-corrected chi connectivity index (χ0v) is 25.8. The van der Waals surface area contributed by atoms with Crippen molar-refractivity contribution in [3.05, 3.63) is 33.9 Å². The summed E-state index contributed by atoms with van der Waals surface area (Å²) in [7, 11) is 0. The standard InChI is InChI=1S/C28H37Cl2N5O4S/c1-17-9-8-14-35(17,25(36)22(18-10-6-5-7-11-18)32-27(38)39-28(2,3)4)26(37)31-16-19-15-20(29)12-13-21(19)23-24(30)34-40-33-23/h12-13,15,17-18,22H,5-11,14,16H2,1-4H3,(H-,31,32,37,38)/p+1/t17-,22-,35?/m1/s1. The molecule has 1 unspecified atom stereocenters. The fraction of sp³-hybridized carbons (Fsp3) is 0.607. The van der Waals surface area contributed by atoms with Crippen LogP contribution in [0.25, 0.3) is 11.3 Å². The maximum absolute atomic E-state index is 14.5. The highest BCUT2D eigenvalue weighted by Gasteiger charge is 2.56. The average Bonchev–Trinajstić information content (AvgIpc) is 3.50. The number of rotatable bonds is 6. The van der Waals surface area contributed by atoms with Crippen molar-refractivity contribution in [1.29, 1.82) is 0 Å². The van der Waals surface area contributed by atoms with Crippen molar-refractivity contribution in [2.75, 3.05) is 6.54 Å². The van der Waals surface area contributed by atoms with Crippen LogP contribution in [0.4, 0.5) is 9.59 Å². The summed E-state index contributed by atoms with van der Waals surface area (Å²) in [6.07, 6.45) is 5.52. The second-order valence-corrected chi connectivity index (χ2v) is 13.1. The molecule has 1 saturated heterocycles. The van der Waals surface area contributed by atoms with E-state index in [1.54, 1.807) is 39.0 Å². The Bertz CT molecular complexity index is 1240. The van der Waals surface area contributed by atoms with Crippen LogP contribution < -0.4 is 10.6 Å². The van der Waals surface area contributed by atoms with Crippen molar-refractivity contribution in [3.63, 3.8) is 0 Å². The average molecular weight is 612 g/mol. The molecule has 1 aliphatic carbocycles. The molecule has 0 radical (unpaired) electrons. The number of hydrogen-bond donors (Lipinski definition) is 2. The number of carbonyl (C=O) groups is 3. The first-order valence-electron chi connectivity index (χ1n) is 13.9. The van der Waals surface area contributed by atoms with E-state index in [1.807, 2.05) is 6.92 Å². The number of urea groups is 1. The van der Waals surface area contributed by atoms with Crippen molar-refractivity contribution in [2.45, 2.75) is 96.9 Å². The summed E-state index contributed by atoms with van der Waals surface area (Å²) in [4.78, 5) is 41.4. The van der Waals surface area contributed by atoms with Gasteiger partial charge >= 0.3 is 18.0 Å². The number of quaternary nitrogens is 1. The van der Waals surface area contributed by atoms with E-state index in [4.69, 9.17) is 27.9 Å². The number of halogens is 2. The Labute approximate surface area is 249 Å². The first-order chi connectivity index (χ1) is 18.9. The Kier molecular flexibility index (Phi) is 9.75. The number of imide groups is 1. The summed E-state index contributed by atoms with van der Waals surface area (Å²) < 4.78 is 13.5. The highest BCUT2D eigenvalue weighted by molar-refractivity contribution is 6.99. The lowest BCUT2D eigenvalue weighted by Gasteiger charge is -2.38. The third-order valence-corrected chi connectivity index (χ3v) is 9.03. The van der Waals surface area contributed by atoms with Crippen LogP contribution in [0.3, 0.4) is 0 Å². The molecule has 12 heteroatoms. The number of likely N-dealkylation sites (tertiary alicyclic amines) is 1. The SMILES string of the molecule is C[C@@H]1CCC[N+]1(C(=O)NCc1cc(Cl)ccc1-c1nsnc1Cl)C(=O)[C@H](NC(=O)OC(C)(C)C)C1CCCCC1. The van der Waals surface area contributed by atoms with Gasteiger partial charge in [0.1, 0.15) is 17.3 Å². The van der Waals surface area contributed by atoms with Gasteiger partial charge < -0.3 is 15.4 Å².